The molecule has 2 aromatic rings. The quantitative estimate of drug-likeness (QED) is 0.881. The molecule has 1 aliphatic heterocycles. The fraction of sp³-hybridized carbons (Fsp3) is 0.538. The standard InChI is InChI=1S/C13H17N3O3/c17-6-4-10-3-5-16(8-10)9-12-14-13(19-15-12)11-2-1-7-18-11/h1-2,7,10,17H,3-6,8-9H2. The van der Waals surface area contributed by atoms with Crippen LogP contribution in [0.25, 0.3) is 11.7 Å². The summed E-state index contributed by atoms with van der Waals surface area (Å²) in [4.78, 5) is 6.61. The number of hydrogen-bond acceptors (Lipinski definition) is 6. The lowest BCUT2D eigenvalue weighted by atomic mass is 10.1. The molecule has 1 atom stereocenters. The van der Waals surface area contributed by atoms with Crippen LogP contribution in [0, 0.1) is 5.92 Å². The van der Waals surface area contributed by atoms with Gasteiger partial charge in [-0.1, -0.05) is 5.16 Å². The van der Waals surface area contributed by atoms with E-state index in [1.165, 1.54) is 0 Å². The molecule has 1 N–H and O–H groups in total. The summed E-state index contributed by atoms with van der Waals surface area (Å²) < 4.78 is 10.4. The van der Waals surface area contributed by atoms with Crippen LogP contribution < -0.4 is 0 Å². The molecule has 0 amide bonds. The Kier molecular flexibility index (Phi) is 3.61. The monoisotopic (exact) mass is 263 g/mol. The van der Waals surface area contributed by atoms with Crippen molar-refractivity contribution in [1.82, 2.24) is 15.0 Å². The molecule has 2 aromatic heterocycles. The average Bonchev–Trinajstić information content (AvgIpc) is 3.10. The van der Waals surface area contributed by atoms with Gasteiger partial charge in [0.05, 0.1) is 12.8 Å². The van der Waals surface area contributed by atoms with Crippen molar-refractivity contribution in [2.24, 2.45) is 5.92 Å². The van der Waals surface area contributed by atoms with Gasteiger partial charge in [0, 0.05) is 13.2 Å². The van der Waals surface area contributed by atoms with E-state index in [4.69, 9.17) is 14.0 Å². The van der Waals surface area contributed by atoms with Crippen molar-refractivity contribution in [3.63, 3.8) is 0 Å². The molecule has 1 saturated heterocycles. The fourth-order valence-corrected chi connectivity index (χ4v) is 2.49. The smallest absolute Gasteiger partial charge is 0.293 e. The van der Waals surface area contributed by atoms with E-state index in [9.17, 15) is 0 Å². The maximum absolute atomic E-state index is 8.94. The van der Waals surface area contributed by atoms with Crippen molar-refractivity contribution in [3.05, 3.63) is 24.2 Å². The Labute approximate surface area is 111 Å². The normalized spacial score (nSPS) is 20.2. The highest BCUT2D eigenvalue weighted by atomic mass is 16.5. The Morgan fingerprint density at radius 2 is 2.42 bits per heavy atom. The lowest BCUT2D eigenvalue weighted by molar-refractivity contribution is 0.247. The van der Waals surface area contributed by atoms with Gasteiger partial charge in [-0.2, -0.15) is 4.98 Å². The van der Waals surface area contributed by atoms with E-state index in [-0.39, 0.29) is 6.61 Å². The first-order valence-corrected chi connectivity index (χ1v) is 6.55. The van der Waals surface area contributed by atoms with Crippen LogP contribution in [0.2, 0.25) is 0 Å². The first-order chi connectivity index (χ1) is 9.35. The highest BCUT2D eigenvalue weighted by Crippen LogP contribution is 2.22. The van der Waals surface area contributed by atoms with Crippen LogP contribution in [-0.4, -0.2) is 39.8 Å². The van der Waals surface area contributed by atoms with Gasteiger partial charge < -0.3 is 14.0 Å². The van der Waals surface area contributed by atoms with Crippen LogP contribution in [0.5, 0.6) is 0 Å². The van der Waals surface area contributed by atoms with Crippen molar-refractivity contribution in [2.75, 3.05) is 19.7 Å². The number of rotatable bonds is 5. The van der Waals surface area contributed by atoms with Crippen molar-refractivity contribution >= 4 is 0 Å². The second-order valence-corrected chi connectivity index (χ2v) is 4.90. The molecule has 0 saturated carbocycles. The van der Waals surface area contributed by atoms with Crippen LogP contribution in [-0.2, 0) is 6.54 Å². The topological polar surface area (TPSA) is 75.5 Å². The molecule has 0 bridgehead atoms. The van der Waals surface area contributed by atoms with Gasteiger partial charge in [0.1, 0.15) is 0 Å². The summed E-state index contributed by atoms with van der Waals surface area (Å²) in [6, 6.07) is 3.59. The zero-order valence-electron chi connectivity index (χ0n) is 10.7. The summed E-state index contributed by atoms with van der Waals surface area (Å²) in [6.45, 7) is 2.97. The second-order valence-electron chi connectivity index (χ2n) is 4.90. The molecule has 3 rings (SSSR count). The first-order valence-electron chi connectivity index (χ1n) is 6.55. The molecular formula is C13H17N3O3. The number of furan rings is 1. The maximum Gasteiger partial charge on any atom is 0.293 e. The third-order valence-corrected chi connectivity index (χ3v) is 3.47. The summed E-state index contributed by atoms with van der Waals surface area (Å²) >= 11 is 0. The third-order valence-electron chi connectivity index (χ3n) is 3.47. The van der Waals surface area contributed by atoms with E-state index < -0.39 is 0 Å². The molecule has 0 aliphatic carbocycles. The zero-order valence-corrected chi connectivity index (χ0v) is 10.7. The Hall–Kier alpha value is -1.66. The van der Waals surface area contributed by atoms with Crippen LogP contribution >= 0.6 is 0 Å². The van der Waals surface area contributed by atoms with Gasteiger partial charge in [0.25, 0.3) is 5.89 Å². The summed E-state index contributed by atoms with van der Waals surface area (Å²) in [5, 5.41) is 12.9. The molecule has 102 valence electrons. The van der Waals surface area contributed by atoms with E-state index in [1.807, 2.05) is 0 Å². The molecule has 0 radical (unpaired) electrons. The van der Waals surface area contributed by atoms with Crippen molar-refractivity contribution in [2.45, 2.75) is 19.4 Å². The predicted molar refractivity (Wildman–Crippen MR) is 67.1 cm³/mol. The van der Waals surface area contributed by atoms with Gasteiger partial charge in [-0.15, -0.1) is 0 Å². The minimum atomic E-state index is 0.267. The summed E-state index contributed by atoms with van der Waals surface area (Å²) in [5.74, 6) is 2.28. The van der Waals surface area contributed by atoms with Gasteiger partial charge in [-0.3, -0.25) is 4.90 Å². The number of aromatic nitrogens is 2. The third kappa shape index (κ3) is 2.85. The van der Waals surface area contributed by atoms with Crippen LogP contribution in [0.1, 0.15) is 18.7 Å². The average molecular weight is 263 g/mol. The summed E-state index contributed by atoms with van der Waals surface area (Å²) in [6.07, 6.45) is 3.59. The van der Waals surface area contributed by atoms with Gasteiger partial charge in [-0.25, -0.2) is 0 Å². The van der Waals surface area contributed by atoms with Gasteiger partial charge in [0.15, 0.2) is 11.6 Å². The molecule has 0 spiro atoms. The zero-order chi connectivity index (χ0) is 13.1. The number of likely N-dealkylation sites (tertiary alicyclic amines) is 1. The first kappa shape index (κ1) is 12.4. The largest absolute Gasteiger partial charge is 0.459 e. The van der Waals surface area contributed by atoms with E-state index in [2.05, 4.69) is 15.0 Å². The van der Waals surface area contributed by atoms with E-state index in [0.29, 0.717) is 29.9 Å². The Bertz CT molecular complexity index is 509. The molecule has 3 heterocycles. The SMILES string of the molecule is OCCC1CCN(Cc2noc(-c3ccco3)n2)C1. The van der Waals surface area contributed by atoms with Crippen LogP contribution in [0.3, 0.4) is 0 Å². The van der Waals surface area contributed by atoms with Crippen molar-refractivity contribution in [3.8, 4) is 11.7 Å². The molecular weight excluding hydrogens is 246 g/mol. The van der Waals surface area contributed by atoms with E-state index >= 15 is 0 Å². The number of aliphatic hydroxyl groups is 1. The predicted octanol–water partition coefficient (Wildman–Crippen LogP) is 1.53. The van der Waals surface area contributed by atoms with E-state index in [0.717, 1.165) is 25.9 Å². The summed E-state index contributed by atoms with van der Waals surface area (Å²) in [5.41, 5.74) is 0. The van der Waals surface area contributed by atoms with Gasteiger partial charge >= 0.3 is 0 Å². The molecule has 0 aromatic carbocycles. The highest BCUT2D eigenvalue weighted by molar-refractivity contribution is 5.42. The molecule has 1 aliphatic rings. The second kappa shape index (κ2) is 5.54. The molecule has 1 fully saturated rings. The minimum Gasteiger partial charge on any atom is -0.459 e. The number of nitrogens with zero attached hydrogens (tertiary/aromatic N) is 3. The van der Waals surface area contributed by atoms with E-state index in [1.54, 1.807) is 18.4 Å². The van der Waals surface area contributed by atoms with Crippen LogP contribution in [0.15, 0.2) is 27.3 Å². The highest BCUT2D eigenvalue weighted by Gasteiger charge is 2.23. The lowest BCUT2D eigenvalue weighted by Crippen LogP contribution is -2.21. The Morgan fingerprint density at radius 1 is 1.47 bits per heavy atom. The summed E-state index contributed by atoms with van der Waals surface area (Å²) in [7, 11) is 0. The van der Waals surface area contributed by atoms with Gasteiger partial charge in [0.2, 0.25) is 0 Å². The molecule has 1 unspecified atom stereocenters. The number of hydrogen-bond donors (Lipinski definition) is 1. The fourth-order valence-electron chi connectivity index (χ4n) is 2.49. The Morgan fingerprint density at radius 3 is 3.21 bits per heavy atom. The molecule has 6 nitrogen and oxygen atoms in total. The maximum atomic E-state index is 8.94. The van der Waals surface area contributed by atoms with Gasteiger partial charge in [-0.05, 0) is 37.4 Å². The number of aliphatic hydroxyl groups excluding tert-OH is 1. The van der Waals surface area contributed by atoms with Crippen molar-refractivity contribution < 1.29 is 14.0 Å². The van der Waals surface area contributed by atoms with Crippen molar-refractivity contribution in [1.29, 1.82) is 0 Å². The minimum absolute atomic E-state index is 0.267. The lowest BCUT2D eigenvalue weighted by Gasteiger charge is -2.12. The van der Waals surface area contributed by atoms with Crippen LogP contribution in [0.4, 0.5) is 0 Å². The molecule has 6 heteroatoms. The Balaban J connectivity index is 1.59. The molecule has 19 heavy (non-hydrogen) atoms.